The fourth-order valence-electron chi connectivity index (χ4n) is 0.225. The zero-order valence-electron chi connectivity index (χ0n) is 4.62. The lowest BCUT2D eigenvalue weighted by molar-refractivity contribution is 0.688. The molecule has 0 heterocycles. The second-order valence-electron chi connectivity index (χ2n) is 1.17. The molecule has 0 aromatic heterocycles. The Morgan fingerprint density at radius 1 is 1.88 bits per heavy atom. The summed E-state index contributed by atoms with van der Waals surface area (Å²) >= 11 is 2.88. The Morgan fingerprint density at radius 3 is 2.50 bits per heavy atom. The maximum absolute atomic E-state index is 11.9. The van der Waals surface area contributed by atoms with Gasteiger partial charge in [-0.05, 0) is 22.9 Å². The standard InChI is InChI=1S/C5H7BrFN/c1-3-8-5(6)4(2)7/h2-3H2,1H3/b8-5+. The Balaban J connectivity index is 3.80. The molecule has 0 aromatic rings. The summed E-state index contributed by atoms with van der Waals surface area (Å²) in [6.07, 6.45) is 0. The van der Waals surface area contributed by atoms with Crippen LogP contribution in [0, 0.1) is 0 Å². The van der Waals surface area contributed by atoms with E-state index >= 15 is 0 Å². The normalized spacial score (nSPS) is 11.6. The molecular formula is C5H7BrFN. The van der Waals surface area contributed by atoms with Crippen LogP contribution in [-0.4, -0.2) is 11.2 Å². The molecule has 3 heteroatoms. The SMILES string of the molecule is C=C(F)/C(Br)=N\CC. The van der Waals surface area contributed by atoms with Crippen molar-refractivity contribution in [1.82, 2.24) is 0 Å². The first-order valence-corrected chi connectivity index (χ1v) is 3.02. The van der Waals surface area contributed by atoms with Gasteiger partial charge in [0.2, 0.25) is 0 Å². The minimum atomic E-state index is -0.521. The molecule has 0 radical (unpaired) electrons. The molecular weight excluding hydrogens is 173 g/mol. The summed E-state index contributed by atoms with van der Waals surface area (Å²) in [5.41, 5.74) is 0. The van der Waals surface area contributed by atoms with Crippen molar-refractivity contribution >= 4 is 20.6 Å². The van der Waals surface area contributed by atoms with Crippen LogP contribution in [0.3, 0.4) is 0 Å². The van der Waals surface area contributed by atoms with Gasteiger partial charge in [0.15, 0.2) is 0 Å². The van der Waals surface area contributed by atoms with E-state index in [4.69, 9.17) is 0 Å². The maximum Gasteiger partial charge on any atom is 0.148 e. The van der Waals surface area contributed by atoms with E-state index in [1.165, 1.54) is 0 Å². The fraction of sp³-hybridized carbons (Fsp3) is 0.400. The molecule has 0 aliphatic heterocycles. The summed E-state index contributed by atoms with van der Waals surface area (Å²) in [5.74, 6) is -0.521. The van der Waals surface area contributed by atoms with E-state index in [-0.39, 0.29) is 4.62 Å². The van der Waals surface area contributed by atoms with Gasteiger partial charge in [0.1, 0.15) is 10.4 Å². The smallest absolute Gasteiger partial charge is 0.148 e. The molecule has 0 aliphatic rings. The first-order valence-electron chi connectivity index (χ1n) is 2.23. The number of hydrogen-bond donors (Lipinski definition) is 0. The first kappa shape index (κ1) is 7.82. The summed E-state index contributed by atoms with van der Waals surface area (Å²) in [6, 6.07) is 0. The van der Waals surface area contributed by atoms with E-state index in [1.807, 2.05) is 6.92 Å². The topological polar surface area (TPSA) is 12.4 Å². The van der Waals surface area contributed by atoms with Crippen LogP contribution in [0.15, 0.2) is 17.4 Å². The van der Waals surface area contributed by atoms with Crippen LogP contribution in [0.25, 0.3) is 0 Å². The van der Waals surface area contributed by atoms with Crippen LogP contribution in [0.1, 0.15) is 6.92 Å². The molecule has 0 saturated carbocycles. The van der Waals surface area contributed by atoms with Crippen molar-refractivity contribution < 1.29 is 4.39 Å². The van der Waals surface area contributed by atoms with Crippen molar-refractivity contribution in [1.29, 1.82) is 0 Å². The zero-order valence-corrected chi connectivity index (χ0v) is 6.20. The lowest BCUT2D eigenvalue weighted by atomic mass is 10.6. The molecule has 0 unspecified atom stereocenters. The van der Waals surface area contributed by atoms with Gasteiger partial charge in [0.05, 0.1) is 0 Å². The van der Waals surface area contributed by atoms with E-state index in [9.17, 15) is 4.39 Å². The van der Waals surface area contributed by atoms with Crippen LogP contribution >= 0.6 is 15.9 Å². The van der Waals surface area contributed by atoms with Gasteiger partial charge in [-0.3, -0.25) is 4.99 Å². The second-order valence-corrected chi connectivity index (χ2v) is 1.92. The summed E-state index contributed by atoms with van der Waals surface area (Å²) < 4.78 is 12.1. The Bertz CT molecular complexity index is 120. The van der Waals surface area contributed by atoms with E-state index in [0.717, 1.165) is 0 Å². The minimum Gasteiger partial charge on any atom is -0.275 e. The molecule has 8 heavy (non-hydrogen) atoms. The first-order chi connectivity index (χ1) is 3.68. The van der Waals surface area contributed by atoms with E-state index in [2.05, 4.69) is 27.5 Å². The molecule has 0 aliphatic carbocycles. The number of rotatable bonds is 2. The van der Waals surface area contributed by atoms with Crippen LogP contribution < -0.4 is 0 Å². The van der Waals surface area contributed by atoms with Gasteiger partial charge in [-0.1, -0.05) is 6.58 Å². The van der Waals surface area contributed by atoms with Crippen molar-refractivity contribution in [2.24, 2.45) is 4.99 Å². The van der Waals surface area contributed by atoms with Crippen molar-refractivity contribution in [3.63, 3.8) is 0 Å². The van der Waals surface area contributed by atoms with Crippen LogP contribution in [0.4, 0.5) is 4.39 Å². The van der Waals surface area contributed by atoms with Crippen molar-refractivity contribution in [2.75, 3.05) is 6.54 Å². The van der Waals surface area contributed by atoms with Crippen molar-refractivity contribution in [2.45, 2.75) is 6.92 Å². The van der Waals surface area contributed by atoms with E-state index in [1.54, 1.807) is 0 Å². The summed E-state index contributed by atoms with van der Waals surface area (Å²) in [7, 11) is 0. The third kappa shape index (κ3) is 2.91. The van der Waals surface area contributed by atoms with Gasteiger partial charge in [0.25, 0.3) is 0 Å². The van der Waals surface area contributed by atoms with Crippen LogP contribution in [-0.2, 0) is 0 Å². The van der Waals surface area contributed by atoms with E-state index < -0.39 is 5.83 Å². The Morgan fingerprint density at radius 2 is 2.38 bits per heavy atom. The molecule has 0 rings (SSSR count). The third-order valence-electron chi connectivity index (χ3n) is 0.521. The quantitative estimate of drug-likeness (QED) is 0.578. The van der Waals surface area contributed by atoms with Crippen LogP contribution in [0.5, 0.6) is 0 Å². The summed E-state index contributed by atoms with van der Waals surface area (Å²) in [5, 5.41) is 0. The Hall–Kier alpha value is -0.180. The highest BCUT2D eigenvalue weighted by molar-refractivity contribution is 9.18. The van der Waals surface area contributed by atoms with E-state index in [0.29, 0.717) is 6.54 Å². The number of allylic oxidation sites excluding steroid dienone is 1. The van der Waals surface area contributed by atoms with Gasteiger partial charge in [0, 0.05) is 6.54 Å². The molecule has 0 N–H and O–H groups in total. The summed E-state index contributed by atoms with van der Waals surface area (Å²) in [4.78, 5) is 3.68. The maximum atomic E-state index is 11.9. The molecule has 0 bridgehead atoms. The van der Waals surface area contributed by atoms with Gasteiger partial charge in [-0.2, -0.15) is 0 Å². The Kier molecular flexibility index (Phi) is 3.69. The molecule has 0 atom stereocenters. The lowest BCUT2D eigenvalue weighted by Crippen LogP contribution is -1.85. The zero-order chi connectivity index (χ0) is 6.57. The van der Waals surface area contributed by atoms with Crippen LogP contribution in [0.2, 0.25) is 0 Å². The summed E-state index contributed by atoms with van der Waals surface area (Å²) in [6.45, 7) is 5.43. The fourth-order valence-corrected chi connectivity index (χ4v) is 0.475. The second kappa shape index (κ2) is 3.78. The minimum absolute atomic E-state index is 0.208. The molecule has 46 valence electrons. The predicted octanol–water partition coefficient (Wildman–Crippen LogP) is 2.28. The number of aliphatic imine (C=N–C) groups is 1. The number of hydrogen-bond acceptors (Lipinski definition) is 1. The van der Waals surface area contributed by atoms with Gasteiger partial charge in [-0.25, -0.2) is 4.39 Å². The average Bonchev–Trinajstić information content (AvgIpc) is 1.67. The van der Waals surface area contributed by atoms with Gasteiger partial charge >= 0.3 is 0 Å². The van der Waals surface area contributed by atoms with Crippen molar-refractivity contribution in [3.8, 4) is 0 Å². The number of halogens is 2. The molecule has 1 nitrogen and oxygen atoms in total. The Labute approximate surface area is 56.4 Å². The molecule has 0 fully saturated rings. The molecule has 0 amide bonds. The highest BCUT2D eigenvalue weighted by Gasteiger charge is 1.93. The molecule has 0 spiro atoms. The molecule has 0 saturated heterocycles. The molecule has 0 aromatic carbocycles. The average molecular weight is 180 g/mol. The third-order valence-corrected chi connectivity index (χ3v) is 1.20. The monoisotopic (exact) mass is 179 g/mol. The highest BCUT2D eigenvalue weighted by Crippen LogP contribution is 2.02. The predicted molar refractivity (Wildman–Crippen MR) is 37.2 cm³/mol. The lowest BCUT2D eigenvalue weighted by Gasteiger charge is -1.87. The van der Waals surface area contributed by atoms with Gasteiger partial charge in [-0.15, -0.1) is 0 Å². The number of nitrogens with zero attached hydrogens (tertiary/aromatic N) is 1. The van der Waals surface area contributed by atoms with Gasteiger partial charge < -0.3 is 0 Å². The van der Waals surface area contributed by atoms with Crippen molar-refractivity contribution in [3.05, 3.63) is 12.4 Å². The highest BCUT2D eigenvalue weighted by atomic mass is 79.9. The largest absolute Gasteiger partial charge is 0.275 e.